The number of aliphatic hydroxyl groups excluding tert-OH is 1. The lowest BCUT2D eigenvalue weighted by atomic mass is 10.1. The van der Waals surface area contributed by atoms with Gasteiger partial charge in [-0.2, -0.15) is 0 Å². The van der Waals surface area contributed by atoms with E-state index in [4.69, 9.17) is 0 Å². The number of carbonyl (C=O) groups excluding carboxylic acids is 1. The third kappa shape index (κ3) is 3.72. The van der Waals surface area contributed by atoms with Crippen LogP contribution in [0.3, 0.4) is 0 Å². The Bertz CT molecular complexity index is 736. The minimum atomic E-state index is -0.537. The number of aromatic amines is 1. The molecule has 3 rings (SSSR count). The van der Waals surface area contributed by atoms with Crippen molar-refractivity contribution in [2.24, 2.45) is 0 Å². The maximum Gasteiger partial charge on any atom is 0.260 e. The molecule has 0 radical (unpaired) electrons. The number of piperazine rings is 1. The summed E-state index contributed by atoms with van der Waals surface area (Å²) in [5.74, 6) is -0.236. The number of hydrogen-bond donors (Lipinski definition) is 2. The van der Waals surface area contributed by atoms with Gasteiger partial charge in [-0.3, -0.25) is 14.5 Å². The van der Waals surface area contributed by atoms with Crippen LogP contribution in [-0.4, -0.2) is 58.5 Å². The molecule has 1 atom stereocenters. The summed E-state index contributed by atoms with van der Waals surface area (Å²) in [7, 11) is 0. The van der Waals surface area contributed by atoms with Crippen molar-refractivity contribution in [3.05, 3.63) is 70.1 Å². The van der Waals surface area contributed by atoms with E-state index in [1.807, 2.05) is 30.3 Å². The molecule has 1 aliphatic heterocycles. The highest BCUT2D eigenvalue weighted by Crippen LogP contribution is 2.15. The lowest BCUT2D eigenvalue weighted by Crippen LogP contribution is -2.50. The van der Waals surface area contributed by atoms with Crippen LogP contribution in [0, 0.1) is 0 Å². The van der Waals surface area contributed by atoms with E-state index in [-0.39, 0.29) is 17.0 Å². The van der Waals surface area contributed by atoms with Crippen LogP contribution in [0.2, 0.25) is 0 Å². The molecule has 1 unspecified atom stereocenters. The van der Waals surface area contributed by atoms with Crippen LogP contribution in [0.1, 0.15) is 22.0 Å². The number of amides is 1. The van der Waals surface area contributed by atoms with Crippen LogP contribution in [0.25, 0.3) is 0 Å². The minimum absolute atomic E-state index is 0.176. The van der Waals surface area contributed by atoms with E-state index in [0.717, 1.165) is 5.56 Å². The SMILES string of the molecule is O=C(c1ccc[nH]c1=O)N1CCN(CC(O)c2ccccc2)CC1. The van der Waals surface area contributed by atoms with Gasteiger partial charge in [-0.15, -0.1) is 0 Å². The highest BCUT2D eigenvalue weighted by molar-refractivity contribution is 5.93. The highest BCUT2D eigenvalue weighted by atomic mass is 16.3. The fourth-order valence-electron chi connectivity index (χ4n) is 2.92. The fraction of sp³-hybridized carbons (Fsp3) is 0.333. The van der Waals surface area contributed by atoms with Gasteiger partial charge in [0.1, 0.15) is 5.56 Å². The second kappa shape index (κ2) is 7.42. The Morgan fingerprint density at radius 2 is 1.79 bits per heavy atom. The number of pyridine rings is 1. The third-order valence-corrected chi connectivity index (χ3v) is 4.32. The highest BCUT2D eigenvalue weighted by Gasteiger charge is 2.24. The van der Waals surface area contributed by atoms with Gasteiger partial charge in [-0.1, -0.05) is 30.3 Å². The molecule has 24 heavy (non-hydrogen) atoms. The molecule has 0 spiro atoms. The first-order chi connectivity index (χ1) is 11.6. The largest absolute Gasteiger partial charge is 0.387 e. The molecule has 1 aromatic carbocycles. The molecule has 6 nitrogen and oxygen atoms in total. The molecular formula is C18H21N3O3. The third-order valence-electron chi connectivity index (χ3n) is 4.32. The predicted molar refractivity (Wildman–Crippen MR) is 90.8 cm³/mol. The number of rotatable bonds is 4. The molecule has 1 aromatic heterocycles. The van der Waals surface area contributed by atoms with Crippen molar-refractivity contribution in [2.45, 2.75) is 6.10 Å². The van der Waals surface area contributed by atoms with E-state index < -0.39 is 6.10 Å². The zero-order valence-electron chi connectivity index (χ0n) is 13.4. The Balaban J connectivity index is 1.55. The lowest BCUT2D eigenvalue weighted by Gasteiger charge is -2.35. The second-order valence-electron chi connectivity index (χ2n) is 5.93. The van der Waals surface area contributed by atoms with Gasteiger partial charge in [-0.25, -0.2) is 0 Å². The molecular weight excluding hydrogens is 306 g/mol. The summed E-state index contributed by atoms with van der Waals surface area (Å²) in [6, 6.07) is 12.8. The first-order valence-electron chi connectivity index (χ1n) is 8.07. The van der Waals surface area contributed by atoms with E-state index in [2.05, 4.69) is 9.88 Å². The number of β-amino-alcohol motifs (C(OH)–C–C–N with tert-alkyl or cyclic N) is 1. The molecule has 126 valence electrons. The van der Waals surface area contributed by atoms with Gasteiger partial charge in [0.2, 0.25) is 0 Å². The van der Waals surface area contributed by atoms with Crippen molar-refractivity contribution < 1.29 is 9.90 Å². The first kappa shape index (κ1) is 16.4. The second-order valence-corrected chi connectivity index (χ2v) is 5.93. The summed E-state index contributed by atoms with van der Waals surface area (Å²) in [5, 5.41) is 10.3. The summed E-state index contributed by atoms with van der Waals surface area (Å²) in [6.07, 6.45) is 0.979. The van der Waals surface area contributed by atoms with Crippen molar-refractivity contribution in [1.29, 1.82) is 0 Å². The minimum Gasteiger partial charge on any atom is -0.387 e. The molecule has 0 aliphatic carbocycles. The molecule has 0 saturated carbocycles. The van der Waals surface area contributed by atoms with Gasteiger partial charge in [0.05, 0.1) is 6.10 Å². The van der Waals surface area contributed by atoms with Gasteiger partial charge >= 0.3 is 0 Å². The fourth-order valence-corrected chi connectivity index (χ4v) is 2.92. The Kier molecular flexibility index (Phi) is 5.08. The number of nitrogens with one attached hydrogen (secondary N) is 1. The maximum atomic E-state index is 12.4. The summed E-state index contributed by atoms with van der Waals surface area (Å²) < 4.78 is 0. The van der Waals surface area contributed by atoms with Crippen LogP contribution in [0.4, 0.5) is 0 Å². The molecule has 0 bridgehead atoms. The summed E-state index contributed by atoms with van der Waals surface area (Å²) >= 11 is 0. The van der Waals surface area contributed by atoms with Crippen molar-refractivity contribution >= 4 is 5.91 Å². The van der Waals surface area contributed by atoms with Gasteiger partial charge in [0.25, 0.3) is 11.5 Å². The standard InChI is InChI=1S/C18H21N3O3/c22-16(14-5-2-1-3-6-14)13-20-9-11-21(12-10-20)18(24)15-7-4-8-19-17(15)23/h1-8,16,22H,9-13H2,(H,19,23). The number of nitrogens with zero attached hydrogens (tertiary/aromatic N) is 2. The molecule has 1 saturated heterocycles. The number of aliphatic hydroxyl groups is 1. The first-order valence-corrected chi connectivity index (χ1v) is 8.07. The Morgan fingerprint density at radius 3 is 2.46 bits per heavy atom. The van der Waals surface area contributed by atoms with E-state index in [9.17, 15) is 14.7 Å². The van der Waals surface area contributed by atoms with Crippen LogP contribution in [-0.2, 0) is 0 Å². The zero-order chi connectivity index (χ0) is 16.9. The normalized spacial score (nSPS) is 16.8. The molecule has 6 heteroatoms. The molecule has 2 aromatic rings. The molecule has 2 N–H and O–H groups in total. The van der Waals surface area contributed by atoms with E-state index in [1.165, 1.54) is 6.20 Å². The molecule has 2 heterocycles. The van der Waals surface area contributed by atoms with Crippen molar-refractivity contribution in [1.82, 2.24) is 14.8 Å². The topological polar surface area (TPSA) is 76.6 Å². The number of hydrogen-bond acceptors (Lipinski definition) is 4. The molecule has 1 aliphatic rings. The number of benzene rings is 1. The van der Waals surface area contributed by atoms with Gasteiger partial charge in [0, 0.05) is 38.9 Å². The molecule has 1 fully saturated rings. The Morgan fingerprint density at radius 1 is 1.08 bits per heavy atom. The van der Waals surface area contributed by atoms with Crippen molar-refractivity contribution in [2.75, 3.05) is 32.7 Å². The van der Waals surface area contributed by atoms with Crippen LogP contribution in [0.15, 0.2) is 53.5 Å². The van der Waals surface area contributed by atoms with Crippen LogP contribution >= 0.6 is 0 Å². The maximum absolute atomic E-state index is 12.4. The molecule has 1 amide bonds. The number of aromatic nitrogens is 1. The summed E-state index contributed by atoms with van der Waals surface area (Å²) in [4.78, 5) is 30.5. The van der Waals surface area contributed by atoms with Gasteiger partial charge < -0.3 is 15.0 Å². The smallest absolute Gasteiger partial charge is 0.260 e. The number of carbonyl (C=O) groups is 1. The van der Waals surface area contributed by atoms with Gasteiger partial charge in [-0.05, 0) is 17.7 Å². The lowest BCUT2D eigenvalue weighted by molar-refractivity contribution is 0.0526. The predicted octanol–water partition coefficient (Wildman–Crippen LogP) is 0.866. The van der Waals surface area contributed by atoms with Crippen LogP contribution in [0.5, 0.6) is 0 Å². The number of H-pyrrole nitrogens is 1. The summed E-state index contributed by atoms with van der Waals surface area (Å²) in [6.45, 7) is 3.00. The van der Waals surface area contributed by atoms with Crippen molar-refractivity contribution in [3.8, 4) is 0 Å². The average molecular weight is 327 g/mol. The zero-order valence-corrected chi connectivity index (χ0v) is 13.4. The Hall–Kier alpha value is -2.44. The van der Waals surface area contributed by atoms with E-state index in [1.54, 1.807) is 17.0 Å². The van der Waals surface area contributed by atoms with E-state index in [0.29, 0.717) is 32.7 Å². The Labute approximate surface area is 140 Å². The quantitative estimate of drug-likeness (QED) is 0.873. The van der Waals surface area contributed by atoms with Crippen molar-refractivity contribution in [3.63, 3.8) is 0 Å². The average Bonchev–Trinajstić information content (AvgIpc) is 2.63. The van der Waals surface area contributed by atoms with E-state index >= 15 is 0 Å². The summed E-state index contributed by atoms with van der Waals surface area (Å²) in [5.41, 5.74) is 0.714. The van der Waals surface area contributed by atoms with Gasteiger partial charge in [0.15, 0.2) is 0 Å². The van der Waals surface area contributed by atoms with Crippen LogP contribution < -0.4 is 5.56 Å². The monoisotopic (exact) mass is 327 g/mol.